The lowest BCUT2D eigenvalue weighted by molar-refractivity contribution is -0.137. The van der Waals surface area contributed by atoms with E-state index in [1.54, 1.807) is 0 Å². The van der Waals surface area contributed by atoms with Gasteiger partial charge in [0.15, 0.2) is 0 Å². The first kappa shape index (κ1) is 12.7. The van der Waals surface area contributed by atoms with Crippen molar-refractivity contribution in [1.29, 1.82) is 0 Å². The van der Waals surface area contributed by atoms with Crippen LogP contribution in [0.1, 0.15) is 25.3 Å². The molecule has 16 heavy (non-hydrogen) atoms. The van der Waals surface area contributed by atoms with Gasteiger partial charge in [-0.2, -0.15) is 13.2 Å². The number of rotatable bonds is 4. The molecule has 5 heteroatoms. The van der Waals surface area contributed by atoms with Crippen LogP contribution < -0.4 is 10.5 Å². The third-order valence-corrected chi connectivity index (χ3v) is 2.10. The van der Waals surface area contributed by atoms with Crippen LogP contribution >= 0.6 is 0 Å². The van der Waals surface area contributed by atoms with Gasteiger partial charge in [0.1, 0.15) is 5.75 Å². The summed E-state index contributed by atoms with van der Waals surface area (Å²) in [4.78, 5) is 0. The molecular formula is C11H14F3NO. The molecule has 2 N–H and O–H groups in total. The lowest BCUT2D eigenvalue weighted by Crippen LogP contribution is -2.09. The molecule has 0 saturated carbocycles. The Balaban J connectivity index is 2.82. The zero-order chi connectivity index (χ0) is 12.2. The zero-order valence-corrected chi connectivity index (χ0v) is 8.97. The van der Waals surface area contributed by atoms with Gasteiger partial charge in [0.05, 0.1) is 12.2 Å². The fraction of sp³-hybridized carbons (Fsp3) is 0.455. The van der Waals surface area contributed by atoms with Gasteiger partial charge in [-0.25, -0.2) is 0 Å². The highest BCUT2D eigenvalue weighted by Gasteiger charge is 2.33. The van der Waals surface area contributed by atoms with Gasteiger partial charge in [0.2, 0.25) is 0 Å². The minimum Gasteiger partial charge on any atom is -0.494 e. The Morgan fingerprint density at radius 2 is 2.00 bits per heavy atom. The van der Waals surface area contributed by atoms with Crippen LogP contribution in [-0.2, 0) is 6.18 Å². The number of hydrogen-bond acceptors (Lipinski definition) is 2. The van der Waals surface area contributed by atoms with Crippen molar-refractivity contribution in [3.8, 4) is 5.75 Å². The Bertz CT molecular complexity index is 350. The molecule has 1 aromatic carbocycles. The minimum absolute atomic E-state index is 0.204. The molecule has 0 radical (unpaired) electrons. The van der Waals surface area contributed by atoms with Gasteiger partial charge in [-0.05, 0) is 24.6 Å². The third kappa shape index (κ3) is 3.32. The van der Waals surface area contributed by atoms with E-state index in [0.717, 1.165) is 18.9 Å². The van der Waals surface area contributed by atoms with E-state index < -0.39 is 11.7 Å². The predicted molar refractivity (Wildman–Crippen MR) is 56.3 cm³/mol. The highest BCUT2D eigenvalue weighted by Crippen LogP contribution is 2.35. The maximum absolute atomic E-state index is 12.5. The molecule has 2 nitrogen and oxygen atoms in total. The Kier molecular flexibility index (Phi) is 4.04. The molecule has 0 aliphatic heterocycles. The van der Waals surface area contributed by atoms with Gasteiger partial charge in [-0.1, -0.05) is 13.3 Å². The van der Waals surface area contributed by atoms with Crippen molar-refractivity contribution in [3.63, 3.8) is 0 Å². The zero-order valence-electron chi connectivity index (χ0n) is 8.97. The monoisotopic (exact) mass is 233 g/mol. The quantitative estimate of drug-likeness (QED) is 0.638. The molecule has 0 amide bonds. The lowest BCUT2D eigenvalue weighted by atomic mass is 10.1. The van der Waals surface area contributed by atoms with Crippen LogP contribution in [0, 0.1) is 0 Å². The number of nitrogen functional groups attached to an aromatic ring is 1. The second kappa shape index (κ2) is 5.09. The Morgan fingerprint density at radius 1 is 1.31 bits per heavy atom. The molecule has 0 saturated heterocycles. The summed E-state index contributed by atoms with van der Waals surface area (Å²) in [5.41, 5.74) is 4.13. The summed E-state index contributed by atoms with van der Waals surface area (Å²) in [7, 11) is 0. The second-order valence-corrected chi connectivity index (χ2v) is 3.45. The van der Waals surface area contributed by atoms with Gasteiger partial charge in [-0.15, -0.1) is 0 Å². The van der Waals surface area contributed by atoms with Crippen molar-refractivity contribution < 1.29 is 17.9 Å². The molecular weight excluding hydrogens is 219 g/mol. The molecule has 90 valence electrons. The van der Waals surface area contributed by atoms with Crippen molar-refractivity contribution in [1.82, 2.24) is 0 Å². The van der Waals surface area contributed by atoms with Crippen molar-refractivity contribution in [2.24, 2.45) is 0 Å². The number of hydrogen-bond donors (Lipinski definition) is 1. The van der Waals surface area contributed by atoms with Gasteiger partial charge in [-0.3, -0.25) is 0 Å². The van der Waals surface area contributed by atoms with Crippen LogP contribution in [0.4, 0.5) is 18.9 Å². The SMILES string of the molecule is CCCCOc1ccc(N)c(C(F)(F)F)c1. The third-order valence-electron chi connectivity index (χ3n) is 2.10. The predicted octanol–water partition coefficient (Wildman–Crippen LogP) is 3.47. The molecule has 0 atom stereocenters. The van der Waals surface area contributed by atoms with Crippen LogP contribution in [0.15, 0.2) is 18.2 Å². The topological polar surface area (TPSA) is 35.2 Å². The summed E-state index contributed by atoms with van der Waals surface area (Å²) in [6.45, 7) is 2.39. The normalized spacial score (nSPS) is 11.5. The minimum atomic E-state index is -4.44. The van der Waals surface area contributed by atoms with Gasteiger partial charge in [0.25, 0.3) is 0 Å². The van der Waals surface area contributed by atoms with E-state index in [4.69, 9.17) is 10.5 Å². The number of ether oxygens (including phenoxy) is 1. The van der Waals surface area contributed by atoms with E-state index in [2.05, 4.69) is 0 Å². The molecule has 1 aromatic rings. The molecule has 0 unspecified atom stereocenters. The molecule has 0 aliphatic rings. The largest absolute Gasteiger partial charge is 0.494 e. The highest BCUT2D eigenvalue weighted by molar-refractivity contribution is 5.51. The average molecular weight is 233 g/mol. The number of benzene rings is 1. The molecule has 0 heterocycles. The first-order valence-electron chi connectivity index (χ1n) is 5.04. The number of alkyl halides is 3. The van der Waals surface area contributed by atoms with E-state index in [1.165, 1.54) is 12.1 Å². The van der Waals surface area contributed by atoms with Crippen molar-refractivity contribution in [2.75, 3.05) is 12.3 Å². The van der Waals surface area contributed by atoms with Gasteiger partial charge < -0.3 is 10.5 Å². The van der Waals surface area contributed by atoms with E-state index in [0.29, 0.717) is 6.61 Å². The number of anilines is 1. The maximum atomic E-state index is 12.5. The van der Waals surface area contributed by atoms with Gasteiger partial charge in [0, 0.05) is 5.69 Å². The Labute approximate surface area is 92.2 Å². The van der Waals surface area contributed by atoms with E-state index in [-0.39, 0.29) is 11.4 Å². The standard InChI is InChI=1S/C11H14F3NO/c1-2-3-6-16-8-4-5-10(15)9(7-8)11(12,13)14/h4-5,7H,2-3,6,15H2,1H3. The first-order valence-corrected chi connectivity index (χ1v) is 5.04. The van der Waals surface area contributed by atoms with Crippen LogP contribution in [0.3, 0.4) is 0 Å². The molecule has 1 rings (SSSR count). The molecule has 0 fully saturated rings. The summed E-state index contributed by atoms with van der Waals surface area (Å²) < 4.78 is 42.6. The number of halogens is 3. The Morgan fingerprint density at radius 3 is 2.56 bits per heavy atom. The summed E-state index contributed by atoms with van der Waals surface area (Å²) in [6.07, 6.45) is -2.69. The number of nitrogens with two attached hydrogens (primary N) is 1. The fourth-order valence-corrected chi connectivity index (χ4v) is 1.21. The summed E-state index contributed by atoms with van der Waals surface area (Å²) in [5, 5.41) is 0. The van der Waals surface area contributed by atoms with E-state index in [9.17, 15) is 13.2 Å². The van der Waals surface area contributed by atoms with Crippen molar-refractivity contribution in [3.05, 3.63) is 23.8 Å². The molecule has 0 spiro atoms. The maximum Gasteiger partial charge on any atom is 0.418 e. The van der Waals surface area contributed by atoms with Crippen LogP contribution in [0.5, 0.6) is 5.75 Å². The average Bonchev–Trinajstić information content (AvgIpc) is 2.19. The van der Waals surface area contributed by atoms with E-state index >= 15 is 0 Å². The van der Waals surface area contributed by atoms with Crippen LogP contribution in [0.25, 0.3) is 0 Å². The van der Waals surface area contributed by atoms with Crippen LogP contribution in [0.2, 0.25) is 0 Å². The smallest absolute Gasteiger partial charge is 0.418 e. The Hall–Kier alpha value is -1.39. The summed E-state index contributed by atoms with van der Waals surface area (Å²) in [6, 6.07) is 3.59. The first-order chi connectivity index (χ1) is 7.45. The van der Waals surface area contributed by atoms with Crippen LogP contribution in [-0.4, -0.2) is 6.61 Å². The molecule has 0 aliphatic carbocycles. The van der Waals surface area contributed by atoms with Crippen molar-refractivity contribution in [2.45, 2.75) is 25.9 Å². The van der Waals surface area contributed by atoms with E-state index in [1.807, 2.05) is 6.92 Å². The highest BCUT2D eigenvalue weighted by atomic mass is 19.4. The number of unbranched alkanes of at least 4 members (excludes halogenated alkanes) is 1. The van der Waals surface area contributed by atoms with Crippen molar-refractivity contribution >= 4 is 5.69 Å². The molecule has 0 bridgehead atoms. The lowest BCUT2D eigenvalue weighted by Gasteiger charge is -2.12. The fourth-order valence-electron chi connectivity index (χ4n) is 1.21. The molecule has 0 aromatic heterocycles. The summed E-state index contributed by atoms with van der Waals surface area (Å²) >= 11 is 0. The second-order valence-electron chi connectivity index (χ2n) is 3.45. The summed E-state index contributed by atoms with van der Waals surface area (Å²) in [5.74, 6) is 0.204. The van der Waals surface area contributed by atoms with Gasteiger partial charge >= 0.3 is 6.18 Å².